The largest absolute Gasteiger partial charge is 0.466 e. The number of piperazine rings is 1. The molecule has 0 N–H and O–H groups in total. The maximum Gasteiger partial charge on any atom is 0.416 e. The third-order valence-corrected chi connectivity index (χ3v) is 5.57. The minimum atomic E-state index is -4.37. The van der Waals surface area contributed by atoms with Gasteiger partial charge in [0, 0.05) is 51.0 Å². The summed E-state index contributed by atoms with van der Waals surface area (Å²) in [5.41, 5.74) is -0.166. The molecule has 10 heteroatoms. The van der Waals surface area contributed by atoms with Gasteiger partial charge in [-0.25, -0.2) is 0 Å². The number of nitrogens with zero attached hydrogens (tertiary/aromatic N) is 5. The van der Waals surface area contributed by atoms with E-state index >= 15 is 0 Å². The zero-order valence-electron chi connectivity index (χ0n) is 17.0. The first-order valence-corrected chi connectivity index (χ1v) is 10.3. The van der Waals surface area contributed by atoms with Crippen molar-refractivity contribution < 1.29 is 22.7 Å². The van der Waals surface area contributed by atoms with Gasteiger partial charge in [-0.05, 0) is 37.1 Å². The van der Waals surface area contributed by atoms with E-state index in [-0.39, 0.29) is 12.5 Å². The Kier molecular flexibility index (Phi) is 6.15. The van der Waals surface area contributed by atoms with Gasteiger partial charge in [-0.1, -0.05) is 6.07 Å². The lowest BCUT2D eigenvalue weighted by Crippen LogP contribution is -2.50. The molecule has 0 radical (unpaired) electrons. The fraction of sp³-hybridized carbons (Fsp3) is 0.476. The van der Waals surface area contributed by atoms with Gasteiger partial charge in [-0.2, -0.15) is 13.2 Å². The monoisotopic (exact) mass is 435 g/mol. The number of halogens is 3. The maximum atomic E-state index is 12.9. The van der Waals surface area contributed by atoms with Gasteiger partial charge in [0.05, 0.1) is 5.56 Å². The number of alkyl halides is 3. The van der Waals surface area contributed by atoms with Gasteiger partial charge in [0.2, 0.25) is 5.88 Å². The number of carbonyl (C=O) groups is 1. The number of hydrogen-bond acceptors (Lipinski definition) is 6. The predicted molar refractivity (Wildman–Crippen MR) is 109 cm³/mol. The summed E-state index contributed by atoms with van der Waals surface area (Å²) in [4.78, 5) is 18.1. The van der Waals surface area contributed by atoms with Crippen LogP contribution in [0.2, 0.25) is 0 Å². The predicted octanol–water partition coefficient (Wildman–Crippen LogP) is 2.82. The van der Waals surface area contributed by atoms with E-state index in [2.05, 4.69) is 15.1 Å². The molecule has 3 heterocycles. The summed E-state index contributed by atoms with van der Waals surface area (Å²) >= 11 is 0. The van der Waals surface area contributed by atoms with Crippen molar-refractivity contribution in [3.63, 3.8) is 0 Å². The van der Waals surface area contributed by atoms with Gasteiger partial charge in [-0.15, -0.1) is 10.2 Å². The molecule has 2 aliphatic rings. The summed E-state index contributed by atoms with van der Waals surface area (Å²) in [5, 5.41) is 8.19. The van der Waals surface area contributed by atoms with Crippen molar-refractivity contribution in [2.75, 3.05) is 55.7 Å². The van der Waals surface area contributed by atoms with Gasteiger partial charge >= 0.3 is 6.18 Å². The maximum absolute atomic E-state index is 12.9. The van der Waals surface area contributed by atoms with E-state index in [0.29, 0.717) is 37.7 Å². The quantitative estimate of drug-likeness (QED) is 0.720. The summed E-state index contributed by atoms with van der Waals surface area (Å²) in [6.07, 6.45) is -2.08. The van der Waals surface area contributed by atoms with Crippen LogP contribution in [0.1, 0.15) is 18.4 Å². The number of amides is 1. The smallest absolute Gasteiger partial charge is 0.416 e. The van der Waals surface area contributed by atoms with Crippen LogP contribution >= 0.6 is 0 Å². The molecular formula is C21H24F3N5O2. The second kappa shape index (κ2) is 8.99. The summed E-state index contributed by atoms with van der Waals surface area (Å²) in [7, 11) is 0. The highest BCUT2D eigenvalue weighted by Crippen LogP contribution is 2.31. The summed E-state index contributed by atoms with van der Waals surface area (Å²) in [6.45, 7) is 3.53. The fourth-order valence-corrected chi connectivity index (χ4v) is 3.82. The van der Waals surface area contributed by atoms with E-state index < -0.39 is 11.7 Å². The Morgan fingerprint density at radius 2 is 1.68 bits per heavy atom. The lowest BCUT2D eigenvalue weighted by atomic mass is 10.1. The van der Waals surface area contributed by atoms with Gasteiger partial charge in [0.25, 0.3) is 5.91 Å². The van der Waals surface area contributed by atoms with Crippen LogP contribution in [-0.4, -0.2) is 66.9 Å². The van der Waals surface area contributed by atoms with Crippen molar-refractivity contribution >= 4 is 17.4 Å². The van der Waals surface area contributed by atoms with Gasteiger partial charge < -0.3 is 19.4 Å². The Morgan fingerprint density at radius 3 is 2.32 bits per heavy atom. The molecular weight excluding hydrogens is 411 g/mol. The van der Waals surface area contributed by atoms with Gasteiger partial charge in [-0.3, -0.25) is 4.79 Å². The first-order valence-electron chi connectivity index (χ1n) is 10.3. The standard InChI is InChI=1S/C21H24F3N5O2/c22-21(23,24)16-4-3-5-17(14-16)27-10-12-29(13-11-27)20(30)15-31-19-7-6-18(25-26-19)28-8-1-2-9-28/h3-7,14H,1-2,8-13,15H2. The van der Waals surface area contributed by atoms with Crippen molar-refractivity contribution in [2.24, 2.45) is 0 Å². The number of anilines is 2. The molecule has 1 amide bonds. The van der Waals surface area contributed by atoms with Crippen LogP contribution in [0.4, 0.5) is 24.7 Å². The van der Waals surface area contributed by atoms with Crippen molar-refractivity contribution in [1.29, 1.82) is 0 Å². The zero-order valence-corrected chi connectivity index (χ0v) is 17.0. The first kappa shape index (κ1) is 21.2. The molecule has 2 aromatic rings. The molecule has 0 spiro atoms. The Hall–Kier alpha value is -3.04. The zero-order chi connectivity index (χ0) is 21.8. The van der Waals surface area contributed by atoms with Crippen molar-refractivity contribution in [3.05, 3.63) is 42.0 Å². The summed E-state index contributed by atoms with van der Waals surface area (Å²) in [6, 6.07) is 8.80. The van der Waals surface area contributed by atoms with E-state index in [1.54, 1.807) is 17.0 Å². The second-order valence-electron chi connectivity index (χ2n) is 7.63. The minimum Gasteiger partial charge on any atom is -0.466 e. The van der Waals surface area contributed by atoms with Gasteiger partial charge in [0.1, 0.15) is 0 Å². The average Bonchev–Trinajstić information content (AvgIpc) is 3.32. The van der Waals surface area contributed by atoms with Crippen LogP contribution in [0, 0.1) is 0 Å². The normalized spacial score (nSPS) is 17.2. The highest BCUT2D eigenvalue weighted by atomic mass is 19.4. The molecule has 0 bridgehead atoms. The Bertz CT molecular complexity index is 893. The average molecular weight is 435 g/mol. The molecule has 0 unspecified atom stereocenters. The van der Waals surface area contributed by atoms with E-state index in [4.69, 9.17) is 4.74 Å². The van der Waals surface area contributed by atoms with E-state index in [1.807, 2.05) is 11.0 Å². The number of ether oxygens (including phenoxy) is 1. The Morgan fingerprint density at radius 1 is 0.935 bits per heavy atom. The number of hydrogen-bond donors (Lipinski definition) is 0. The molecule has 2 aliphatic heterocycles. The van der Waals surface area contributed by atoms with Crippen LogP contribution in [0.5, 0.6) is 5.88 Å². The number of carbonyl (C=O) groups excluding carboxylic acids is 1. The molecule has 1 aromatic carbocycles. The third-order valence-electron chi connectivity index (χ3n) is 5.57. The SMILES string of the molecule is O=C(COc1ccc(N2CCCC2)nn1)N1CCN(c2cccc(C(F)(F)F)c2)CC1. The lowest BCUT2D eigenvalue weighted by Gasteiger charge is -2.36. The van der Waals surface area contributed by atoms with Crippen LogP contribution in [0.25, 0.3) is 0 Å². The molecule has 2 fully saturated rings. The van der Waals surface area contributed by atoms with E-state index in [9.17, 15) is 18.0 Å². The number of aromatic nitrogens is 2. The molecule has 31 heavy (non-hydrogen) atoms. The molecule has 4 rings (SSSR count). The minimum absolute atomic E-state index is 0.151. The molecule has 0 atom stereocenters. The Balaban J connectivity index is 1.26. The summed E-state index contributed by atoms with van der Waals surface area (Å²) in [5.74, 6) is 0.912. The third kappa shape index (κ3) is 5.18. The molecule has 1 aromatic heterocycles. The van der Waals surface area contributed by atoms with Gasteiger partial charge in [0.15, 0.2) is 12.4 Å². The second-order valence-corrected chi connectivity index (χ2v) is 7.63. The van der Waals surface area contributed by atoms with Crippen LogP contribution < -0.4 is 14.5 Å². The molecule has 7 nitrogen and oxygen atoms in total. The molecule has 166 valence electrons. The highest BCUT2D eigenvalue weighted by molar-refractivity contribution is 5.78. The first-order chi connectivity index (χ1) is 14.9. The van der Waals surface area contributed by atoms with Crippen molar-refractivity contribution in [2.45, 2.75) is 19.0 Å². The lowest BCUT2D eigenvalue weighted by molar-refractivity contribution is -0.137. The van der Waals surface area contributed by atoms with E-state index in [1.165, 1.54) is 6.07 Å². The number of benzene rings is 1. The topological polar surface area (TPSA) is 61.8 Å². The van der Waals surface area contributed by atoms with Crippen LogP contribution in [0.15, 0.2) is 36.4 Å². The molecule has 2 saturated heterocycles. The fourth-order valence-electron chi connectivity index (χ4n) is 3.82. The number of rotatable bonds is 5. The van der Waals surface area contributed by atoms with Crippen LogP contribution in [-0.2, 0) is 11.0 Å². The van der Waals surface area contributed by atoms with Crippen LogP contribution in [0.3, 0.4) is 0 Å². The van der Waals surface area contributed by atoms with Crippen molar-refractivity contribution in [1.82, 2.24) is 15.1 Å². The molecule has 0 aliphatic carbocycles. The van der Waals surface area contributed by atoms with Crippen molar-refractivity contribution in [3.8, 4) is 5.88 Å². The summed E-state index contributed by atoms with van der Waals surface area (Å²) < 4.78 is 44.3. The Labute approximate surface area is 178 Å². The highest BCUT2D eigenvalue weighted by Gasteiger charge is 2.31. The molecule has 0 saturated carbocycles. The van der Waals surface area contributed by atoms with E-state index in [0.717, 1.165) is 43.9 Å².